The zero-order valence-corrected chi connectivity index (χ0v) is 13.1. The van der Waals surface area contributed by atoms with Gasteiger partial charge in [0.15, 0.2) is 0 Å². The van der Waals surface area contributed by atoms with Gasteiger partial charge in [-0.3, -0.25) is 9.88 Å². The fourth-order valence-corrected chi connectivity index (χ4v) is 3.42. The second-order valence-electron chi connectivity index (χ2n) is 6.07. The predicted octanol–water partition coefficient (Wildman–Crippen LogP) is 3.12. The van der Waals surface area contributed by atoms with Gasteiger partial charge in [-0.05, 0) is 50.6 Å². The molecule has 0 amide bonds. The highest BCUT2D eigenvalue weighted by atomic mass is 15.2. The van der Waals surface area contributed by atoms with E-state index in [2.05, 4.69) is 59.4 Å². The molecule has 0 aliphatic carbocycles. The molecule has 2 aromatic rings. The van der Waals surface area contributed by atoms with Crippen LogP contribution in [0.25, 0.3) is 10.9 Å². The standard InChI is InChI=1S/C18H25N3/c1-3-19-16-7-6-10-21(13-16)12-15-11-14(2)20-18-9-5-4-8-17(15)18/h4-5,8-9,11,16,19H,3,6-7,10,12-13H2,1-2H3. The topological polar surface area (TPSA) is 28.2 Å². The van der Waals surface area contributed by atoms with Gasteiger partial charge < -0.3 is 5.32 Å². The molecule has 1 saturated heterocycles. The molecule has 1 aliphatic rings. The first kappa shape index (κ1) is 14.5. The zero-order valence-electron chi connectivity index (χ0n) is 13.1. The van der Waals surface area contributed by atoms with Crippen LogP contribution in [-0.2, 0) is 6.54 Å². The van der Waals surface area contributed by atoms with Gasteiger partial charge in [0, 0.05) is 30.2 Å². The van der Waals surface area contributed by atoms with E-state index in [0.717, 1.165) is 30.8 Å². The number of likely N-dealkylation sites (N-methyl/N-ethyl adjacent to an activating group) is 1. The molecule has 1 unspecified atom stereocenters. The van der Waals surface area contributed by atoms with Crippen molar-refractivity contribution in [3.63, 3.8) is 0 Å². The number of hydrogen-bond acceptors (Lipinski definition) is 3. The second kappa shape index (κ2) is 6.54. The second-order valence-corrected chi connectivity index (χ2v) is 6.07. The number of nitrogens with zero attached hydrogens (tertiary/aromatic N) is 2. The Balaban J connectivity index is 1.81. The van der Waals surface area contributed by atoms with E-state index in [0.29, 0.717) is 6.04 Å². The first-order chi connectivity index (χ1) is 10.3. The van der Waals surface area contributed by atoms with E-state index < -0.39 is 0 Å². The Bertz CT molecular complexity index is 606. The monoisotopic (exact) mass is 283 g/mol. The molecule has 2 heterocycles. The van der Waals surface area contributed by atoms with Crippen LogP contribution in [0.3, 0.4) is 0 Å². The Kier molecular flexibility index (Phi) is 4.51. The van der Waals surface area contributed by atoms with Gasteiger partial charge in [-0.15, -0.1) is 0 Å². The molecule has 0 saturated carbocycles. The Hall–Kier alpha value is -1.45. The van der Waals surface area contributed by atoms with E-state index in [-0.39, 0.29) is 0 Å². The average molecular weight is 283 g/mol. The SMILES string of the molecule is CCNC1CCCN(Cc2cc(C)nc3ccccc23)C1. The van der Waals surface area contributed by atoms with Crippen LogP contribution in [0, 0.1) is 6.92 Å². The molecule has 0 spiro atoms. The fraction of sp³-hybridized carbons (Fsp3) is 0.500. The van der Waals surface area contributed by atoms with Crippen molar-refractivity contribution in [2.24, 2.45) is 0 Å². The van der Waals surface area contributed by atoms with Crippen LogP contribution in [0.1, 0.15) is 31.0 Å². The van der Waals surface area contributed by atoms with E-state index in [1.807, 2.05) is 0 Å². The van der Waals surface area contributed by atoms with Gasteiger partial charge >= 0.3 is 0 Å². The third-order valence-electron chi connectivity index (χ3n) is 4.32. The third-order valence-corrected chi connectivity index (χ3v) is 4.32. The van der Waals surface area contributed by atoms with E-state index in [9.17, 15) is 0 Å². The van der Waals surface area contributed by atoms with Crippen LogP contribution >= 0.6 is 0 Å². The molecule has 0 bridgehead atoms. The normalized spacial score (nSPS) is 20.0. The first-order valence-electron chi connectivity index (χ1n) is 8.07. The van der Waals surface area contributed by atoms with Gasteiger partial charge in [-0.2, -0.15) is 0 Å². The molecule has 1 N–H and O–H groups in total. The number of pyridine rings is 1. The van der Waals surface area contributed by atoms with Crippen LogP contribution in [-0.4, -0.2) is 35.6 Å². The summed E-state index contributed by atoms with van der Waals surface area (Å²) in [5.41, 5.74) is 3.65. The van der Waals surface area contributed by atoms with Crippen LogP contribution in [0.2, 0.25) is 0 Å². The average Bonchev–Trinajstić information content (AvgIpc) is 2.48. The van der Waals surface area contributed by atoms with Gasteiger partial charge in [0.05, 0.1) is 5.52 Å². The minimum Gasteiger partial charge on any atom is -0.313 e. The van der Waals surface area contributed by atoms with Crippen molar-refractivity contribution in [3.8, 4) is 0 Å². The number of para-hydroxylation sites is 1. The van der Waals surface area contributed by atoms with E-state index in [4.69, 9.17) is 0 Å². The van der Waals surface area contributed by atoms with Crippen molar-refractivity contribution < 1.29 is 0 Å². The number of benzene rings is 1. The Morgan fingerprint density at radius 1 is 1.33 bits per heavy atom. The van der Waals surface area contributed by atoms with E-state index >= 15 is 0 Å². The maximum Gasteiger partial charge on any atom is 0.0708 e. The number of likely N-dealkylation sites (tertiary alicyclic amines) is 1. The maximum atomic E-state index is 4.64. The first-order valence-corrected chi connectivity index (χ1v) is 8.07. The molecule has 3 nitrogen and oxygen atoms in total. The minimum atomic E-state index is 0.651. The van der Waals surface area contributed by atoms with Crippen molar-refractivity contribution in [1.82, 2.24) is 15.2 Å². The van der Waals surface area contributed by atoms with Crippen LogP contribution < -0.4 is 5.32 Å². The molecular formula is C18H25N3. The molecule has 3 heteroatoms. The highest BCUT2D eigenvalue weighted by Gasteiger charge is 2.19. The molecule has 1 aromatic heterocycles. The quantitative estimate of drug-likeness (QED) is 0.934. The smallest absolute Gasteiger partial charge is 0.0708 e. The number of nitrogens with one attached hydrogen (secondary N) is 1. The fourth-order valence-electron chi connectivity index (χ4n) is 3.42. The third kappa shape index (κ3) is 3.42. The van der Waals surface area contributed by atoms with Crippen molar-refractivity contribution in [3.05, 3.63) is 41.6 Å². The predicted molar refractivity (Wildman–Crippen MR) is 88.5 cm³/mol. The minimum absolute atomic E-state index is 0.651. The van der Waals surface area contributed by atoms with Crippen molar-refractivity contribution in [2.45, 2.75) is 39.3 Å². The lowest BCUT2D eigenvalue weighted by molar-refractivity contribution is 0.185. The number of fused-ring (bicyclic) bond motifs is 1. The lowest BCUT2D eigenvalue weighted by atomic mass is 10.0. The zero-order chi connectivity index (χ0) is 14.7. The Morgan fingerprint density at radius 2 is 2.19 bits per heavy atom. The van der Waals surface area contributed by atoms with E-state index in [1.165, 1.54) is 30.3 Å². The number of aromatic nitrogens is 1. The van der Waals surface area contributed by atoms with Gasteiger partial charge in [-0.1, -0.05) is 25.1 Å². The van der Waals surface area contributed by atoms with Crippen LogP contribution in [0.15, 0.2) is 30.3 Å². The molecule has 21 heavy (non-hydrogen) atoms. The summed E-state index contributed by atoms with van der Waals surface area (Å²) in [5.74, 6) is 0. The van der Waals surface area contributed by atoms with Crippen LogP contribution in [0.4, 0.5) is 0 Å². The van der Waals surface area contributed by atoms with Crippen molar-refractivity contribution in [1.29, 1.82) is 0 Å². The highest BCUT2D eigenvalue weighted by Crippen LogP contribution is 2.21. The summed E-state index contributed by atoms with van der Waals surface area (Å²) < 4.78 is 0. The lowest BCUT2D eigenvalue weighted by Gasteiger charge is -2.33. The number of piperidine rings is 1. The lowest BCUT2D eigenvalue weighted by Crippen LogP contribution is -2.45. The molecule has 1 aliphatic heterocycles. The van der Waals surface area contributed by atoms with Crippen molar-refractivity contribution >= 4 is 10.9 Å². The summed E-state index contributed by atoms with van der Waals surface area (Å²) in [6, 6.07) is 11.4. The molecule has 1 fully saturated rings. The molecule has 112 valence electrons. The maximum absolute atomic E-state index is 4.64. The number of hydrogen-bond donors (Lipinski definition) is 1. The summed E-state index contributed by atoms with van der Waals surface area (Å²) in [4.78, 5) is 7.22. The molecule has 3 rings (SSSR count). The Labute approximate surface area is 127 Å². The van der Waals surface area contributed by atoms with Gasteiger partial charge in [0.25, 0.3) is 0 Å². The summed E-state index contributed by atoms with van der Waals surface area (Å²) in [6.45, 7) is 8.75. The summed E-state index contributed by atoms with van der Waals surface area (Å²) >= 11 is 0. The summed E-state index contributed by atoms with van der Waals surface area (Å²) in [7, 11) is 0. The van der Waals surface area contributed by atoms with Crippen LogP contribution in [0.5, 0.6) is 0 Å². The molecule has 1 aromatic carbocycles. The molecule has 0 radical (unpaired) electrons. The van der Waals surface area contributed by atoms with Gasteiger partial charge in [-0.25, -0.2) is 0 Å². The van der Waals surface area contributed by atoms with Crippen molar-refractivity contribution in [2.75, 3.05) is 19.6 Å². The largest absolute Gasteiger partial charge is 0.313 e. The highest BCUT2D eigenvalue weighted by molar-refractivity contribution is 5.82. The van der Waals surface area contributed by atoms with Gasteiger partial charge in [0.1, 0.15) is 0 Å². The summed E-state index contributed by atoms with van der Waals surface area (Å²) in [5, 5.41) is 4.89. The molecule has 1 atom stereocenters. The number of aryl methyl sites for hydroxylation is 1. The summed E-state index contributed by atoms with van der Waals surface area (Å²) in [6.07, 6.45) is 2.60. The molecular weight excluding hydrogens is 258 g/mol. The van der Waals surface area contributed by atoms with E-state index in [1.54, 1.807) is 0 Å². The Morgan fingerprint density at radius 3 is 3.05 bits per heavy atom. The van der Waals surface area contributed by atoms with Gasteiger partial charge in [0.2, 0.25) is 0 Å². The number of rotatable bonds is 4.